The summed E-state index contributed by atoms with van der Waals surface area (Å²) in [4.78, 5) is 22.8. The van der Waals surface area contributed by atoms with Crippen molar-refractivity contribution in [2.24, 2.45) is 0 Å². The quantitative estimate of drug-likeness (QED) is 0.472. The highest BCUT2D eigenvalue weighted by Crippen LogP contribution is 2.35. The molecule has 1 amide bonds. The van der Waals surface area contributed by atoms with Crippen LogP contribution in [0.4, 0.5) is 0 Å². The molecule has 144 valence electrons. The molecule has 0 radical (unpaired) electrons. The summed E-state index contributed by atoms with van der Waals surface area (Å²) in [6.07, 6.45) is 2.43. The summed E-state index contributed by atoms with van der Waals surface area (Å²) in [6, 6.07) is 9.21. The zero-order chi connectivity index (χ0) is 20.0. The van der Waals surface area contributed by atoms with Crippen LogP contribution in [0.1, 0.15) is 29.4 Å². The van der Waals surface area contributed by atoms with Crippen molar-refractivity contribution in [1.82, 2.24) is 20.2 Å². The van der Waals surface area contributed by atoms with E-state index in [1.165, 1.54) is 0 Å². The van der Waals surface area contributed by atoms with E-state index in [0.29, 0.717) is 5.69 Å². The summed E-state index contributed by atoms with van der Waals surface area (Å²) in [5.74, 6) is 0.0275. The van der Waals surface area contributed by atoms with Crippen molar-refractivity contribution in [3.8, 4) is 5.75 Å². The number of nitrogens with zero attached hydrogens (tertiary/aromatic N) is 2. The Morgan fingerprint density at radius 3 is 2.68 bits per heavy atom. The average Bonchev–Trinajstić information content (AvgIpc) is 3.03. The number of benzene rings is 2. The molecule has 0 spiro atoms. The van der Waals surface area contributed by atoms with Crippen LogP contribution in [0.2, 0.25) is 0 Å². The number of aryl methyl sites for hydroxylation is 1. The van der Waals surface area contributed by atoms with Gasteiger partial charge in [-0.15, -0.1) is 0 Å². The van der Waals surface area contributed by atoms with Gasteiger partial charge >= 0.3 is 0 Å². The molecular formula is C22H24N4O2. The standard InChI is InChI=1S/C22H24N4O2/c1-5-19(26(3)4)25-22(28)21-16-11-17-15-10-13(27)6-7-18(15)24-20(17)12(2)14(16)8-9-23-21/h6-11,19,24,27H,5H2,1-4H3,(H,25,28). The smallest absolute Gasteiger partial charge is 0.271 e. The van der Waals surface area contributed by atoms with Crippen LogP contribution in [0.25, 0.3) is 32.6 Å². The van der Waals surface area contributed by atoms with Crippen LogP contribution in [-0.2, 0) is 0 Å². The molecule has 0 aliphatic heterocycles. The number of pyridine rings is 1. The molecule has 4 aromatic rings. The maximum absolute atomic E-state index is 13.0. The molecule has 1 atom stereocenters. The number of fused-ring (bicyclic) bond motifs is 4. The summed E-state index contributed by atoms with van der Waals surface area (Å²) >= 11 is 0. The molecule has 0 aliphatic carbocycles. The molecule has 4 rings (SSSR count). The Bertz CT molecular complexity index is 1210. The van der Waals surface area contributed by atoms with Gasteiger partial charge in [0, 0.05) is 27.9 Å². The Hall–Kier alpha value is -3.12. The minimum Gasteiger partial charge on any atom is -0.508 e. The molecule has 1 unspecified atom stereocenters. The number of nitrogens with one attached hydrogen (secondary N) is 2. The topological polar surface area (TPSA) is 81.2 Å². The average molecular weight is 376 g/mol. The fraction of sp³-hybridized carbons (Fsp3) is 0.273. The van der Waals surface area contributed by atoms with Crippen molar-refractivity contribution in [2.75, 3.05) is 14.1 Å². The lowest BCUT2D eigenvalue weighted by molar-refractivity contribution is 0.0884. The Balaban J connectivity index is 1.94. The molecule has 3 N–H and O–H groups in total. The Morgan fingerprint density at radius 2 is 1.96 bits per heavy atom. The van der Waals surface area contributed by atoms with E-state index < -0.39 is 0 Å². The maximum Gasteiger partial charge on any atom is 0.271 e. The highest BCUT2D eigenvalue weighted by atomic mass is 16.3. The third-order valence-electron chi connectivity index (χ3n) is 5.40. The van der Waals surface area contributed by atoms with E-state index in [1.54, 1.807) is 18.3 Å². The van der Waals surface area contributed by atoms with Gasteiger partial charge in [0.05, 0.1) is 11.7 Å². The SMILES string of the molecule is CCC(NC(=O)c1nccc2c(C)c3[nH]c4ccc(O)cc4c3cc12)N(C)C. The normalized spacial score (nSPS) is 12.9. The number of carbonyl (C=O) groups excluding carboxylic acids is 1. The number of phenols is 1. The van der Waals surface area contributed by atoms with E-state index in [9.17, 15) is 9.90 Å². The number of rotatable bonds is 4. The van der Waals surface area contributed by atoms with Crippen LogP contribution in [-0.4, -0.2) is 46.1 Å². The van der Waals surface area contributed by atoms with Gasteiger partial charge in [-0.05, 0) is 68.7 Å². The first kappa shape index (κ1) is 18.3. The number of phenolic OH excluding ortho intramolecular Hbond substituents is 1. The number of aromatic nitrogens is 2. The van der Waals surface area contributed by atoms with Crippen LogP contribution in [0.5, 0.6) is 5.75 Å². The van der Waals surface area contributed by atoms with Gasteiger partial charge in [0.25, 0.3) is 5.91 Å². The van der Waals surface area contributed by atoms with Crippen molar-refractivity contribution in [2.45, 2.75) is 26.4 Å². The van der Waals surface area contributed by atoms with E-state index in [4.69, 9.17) is 0 Å². The number of hydrogen-bond acceptors (Lipinski definition) is 4. The monoisotopic (exact) mass is 376 g/mol. The molecule has 2 aromatic heterocycles. The highest BCUT2D eigenvalue weighted by Gasteiger charge is 2.19. The van der Waals surface area contributed by atoms with Crippen LogP contribution in [0.3, 0.4) is 0 Å². The first-order valence-electron chi connectivity index (χ1n) is 9.40. The van der Waals surface area contributed by atoms with Gasteiger partial charge in [0.2, 0.25) is 0 Å². The molecule has 0 fully saturated rings. The highest BCUT2D eigenvalue weighted by molar-refractivity contribution is 6.17. The fourth-order valence-corrected chi connectivity index (χ4v) is 3.87. The largest absolute Gasteiger partial charge is 0.508 e. The summed E-state index contributed by atoms with van der Waals surface area (Å²) in [5, 5.41) is 16.7. The number of aromatic hydroxyl groups is 1. The molecule has 0 saturated heterocycles. The predicted octanol–water partition coefficient (Wildman–Crippen LogP) is 3.91. The Labute approximate surface area is 163 Å². The molecule has 28 heavy (non-hydrogen) atoms. The molecule has 0 saturated carbocycles. The zero-order valence-corrected chi connectivity index (χ0v) is 16.5. The molecular weight excluding hydrogens is 352 g/mol. The lowest BCUT2D eigenvalue weighted by Gasteiger charge is -2.24. The Morgan fingerprint density at radius 1 is 1.18 bits per heavy atom. The van der Waals surface area contributed by atoms with Crippen LogP contribution >= 0.6 is 0 Å². The van der Waals surface area contributed by atoms with Gasteiger partial charge in [0.1, 0.15) is 11.4 Å². The molecule has 2 aromatic carbocycles. The molecule has 0 aliphatic rings. The second-order valence-electron chi connectivity index (χ2n) is 7.39. The van der Waals surface area contributed by atoms with E-state index in [1.807, 2.05) is 51.0 Å². The number of hydrogen-bond donors (Lipinski definition) is 3. The van der Waals surface area contributed by atoms with Gasteiger partial charge in [-0.3, -0.25) is 14.7 Å². The van der Waals surface area contributed by atoms with Crippen LogP contribution in [0, 0.1) is 6.92 Å². The number of carbonyl (C=O) groups is 1. The van der Waals surface area contributed by atoms with E-state index in [2.05, 4.69) is 15.3 Å². The van der Waals surface area contributed by atoms with Gasteiger partial charge in [-0.25, -0.2) is 0 Å². The van der Waals surface area contributed by atoms with E-state index in [-0.39, 0.29) is 17.8 Å². The lowest BCUT2D eigenvalue weighted by atomic mass is 10.00. The van der Waals surface area contributed by atoms with E-state index in [0.717, 1.165) is 44.6 Å². The minimum absolute atomic E-state index is 0.0561. The molecule has 2 heterocycles. The summed E-state index contributed by atoms with van der Waals surface area (Å²) in [6.45, 7) is 4.07. The number of aromatic amines is 1. The van der Waals surface area contributed by atoms with Crippen molar-refractivity contribution in [3.05, 3.63) is 47.8 Å². The zero-order valence-electron chi connectivity index (χ0n) is 16.5. The third kappa shape index (κ3) is 2.86. The summed E-state index contributed by atoms with van der Waals surface area (Å²) in [5.41, 5.74) is 3.42. The van der Waals surface area contributed by atoms with Crippen LogP contribution in [0.15, 0.2) is 36.5 Å². The summed E-state index contributed by atoms with van der Waals surface area (Å²) < 4.78 is 0. The molecule has 0 bridgehead atoms. The number of H-pyrrole nitrogens is 1. The van der Waals surface area contributed by atoms with Gasteiger partial charge in [0.15, 0.2) is 0 Å². The van der Waals surface area contributed by atoms with Crippen LogP contribution < -0.4 is 5.32 Å². The third-order valence-corrected chi connectivity index (χ3v) is 5.40. The summed E-state index contributed by atoms with van der Waals surface area (Å²) in [7, 11) is 3.88. The van der Waals surface area contributed by atoms with Gasteiger partial charge in [-0.2, -0.15) is 0 Å². The Kier molecular flexibility index (Phi) is 4.43. The maximum atomic E-state index is 13.0. The van der Waals surface area contributed by atoms with Crippen molar-refractivity contribution in [3.63, 3.8) is 0 Å². The first-order chi connectivity index (χ1) is 13.4. The number of amides is 1. The predicted molar refractivity (Wildman–Crippen MR) is 113 cm³/mol. The van der Waals surface area contributed by atoms with Crippen molar-refractivity contribution >= 4 is 38.5 Å². The van der Waals surface area contributed by atoms with Gasteiger partial charge in [-0.1, -0.05) is 6.92 Å². The lowest BCUT2D eigenvalue weighted by Crippen LogP contribution is -2.44. The molecule has 6 nitrogen and oxygen atoms in total. The second kappa shape index (κ2) is 6.80. The van der Waals surface area contributed by atoms with E-state index >= 15 is 0 Å². The van der Waals surface area contributed by atoms with Crippen molar-refractivity contribution in [1.29, 1.82) is 0 Å². The van der Waals surface area contributed by atoms with Gasteiger partial charge < -0.3 is 15.4 Å². The first-order valence-corrected chi connectivity index (χ1v) is 9.40. The second-order valence-corrected chi connectivity index (χ2v) is 7.39. The van der Waals surface area contributed by atoms with Crippen molar-refractivity contribution < 1.29 is 9.90 Å². The fourth-order valence-electron chi connectivity index (χ4n) is 3.87. The molecule has 6 heteroatoms. The minimum atomic E-state index is -0.187.